The fourth-order valence-electron chi connectivity index (χ4n) is 1.29. The van der Waals surface area contributed by atoms with Crippen LogP contribution in [0.5, 0.6) is 0 Å². The fourth-order valence-corrected chi connectivity index (χ4v) is 1.29. The van der Waals surface area contributed by atoms with Gasteiger partial charge < -0.3 is 15.0 Å². The highest BCUT2D eigenvalue weighted by Gasteiger charge is 2.12. The first kappa shape index (κ1) is 8.28. The van der Waals surface area contributed by atoms with Gasteiger partial charge in [0.05, 0.1) is 0 Å². The molecule has 66 valence electrons. The highest BCUT2D eigenvalue weighted by atomic mass is 16.4. The Balaban J connectivity index is 2.66. The predicted octanol–water partition coefficient (Wildman–Crippen LogP) is -0.449. The van der Waals surface area contributed by atoms with Crippen molar-refractivity contribution in [1.82, 2.24) is 9.97 Å². The molecule has 2 rings (SSSR count). The van der Waals surface area contributed by atoms with Crippen molar-refractivity contribution in [3.63, 3.8) is 0 Å². The maximum atomic E-state index is 8.92. The van der Waals surface area contributed by atoms with Gasteiger partial charge in [0.25, 0.3) is 0 Å². The van der Waals surface area contributed by atoms with E-state index in [1.807, 2.05) is 13.1 Å². The maximum Gasteiger partial charge on any atom is 0.490 e. The third-order valence-electron chi connectivity index (χ3n) is 2.06. The number of aromatic nitrogens is 2. The van der Waals surface area contributed by atoms with Gasteiger partial charge in [-0.3, -0.25) is 0 Å². The fraction of sp³-hybridized carbons (Fsp3) is 0.125. The summed E-state index contributed by atoms with van der Waals surface area (Å²) in [6.07, 6.45) is 3.29. The highest BCUT2D eigenvalue weighted by Crippen LogP contribution is 2.12. The van der Waals surface area contributed by atoms with E-state index in [0.29, 0.717) is 5.46 Å². The molecule has 2 heterocycles. The van der Waals surface area contributed by atoms with Gasteiger partial charge >= 0.3 is 7.12 Å². The lowest BCUT2D eigenvalue weighted by Crippen LogP contribution is -2.29. The molecule has 0 saturated carbocycles. The third-order valence-corrected chi connectivity index (χ3v) is 2.06. The molecule has 0 atom stereocenters. The van der Waals surface area contributed by atoms with E-state index in [1.165, 1.54) is 6.20 Å². The predicted molar refractivity (Wildman–Crippen MR) is 50.7 cm³/mol. The van der Waals surface area contributed by atoms with Gasteiger partial charge in [0.2, 0.25) is 0 Å². The summed E-state index contributed by atoms with van der Waals surface area (Å²) in [6, 6.07) is 1.72. The van der Waals surface area contributed by atoms with Crippen LogP contribution in [0.3, 0.4) is 0 Å². The molecule has 3 N–H and O–H groups in total. The molecule has 0 fully saturated rings. The van der Waals surface area contributed by atoms with Gasteiger partial charge in [-0.1, -0.05) is 0 Å². The minimum absolute atomic E-state index is 0.412. The van der Waals surface area contributed by atoms with Crippen LogP contribution in [0.2, 0.25) is 0 Å². The largest absolute Gasteiger partial charge is 0.490 e. The van der Waals surface area contributed by atoms with Crippen LogP contribution in [0, 0.1) is 6.92 Å². The lowest BCUT2D eigenvalue weighted by atomic mass is 9.81. The summed E-state index contributed by atoms with van der Waals surface area (Å²) < 4.78 is 0. The lowest BCUT2D eigenvalue weighted by molar-refractivity contribution is 0.425. The Morgan fingerprint density at radius 2 is 2.23 bits per heavy atom. The number of hydrogen-bond acceptors (Lipinski definition) is 3. The van der Waals surface area contributed by atoms with Crippen LogP contribution >= 0.6 is 0 Å². The van der Waals surface area contributed by atoms with E-state index in [-0.39, 0.29) is 0 Å². The van der Waals surface area contributed by atoms with Crippen molar-refractivity contribution >= 4 is 23.6 Å². The van der Waals surface area contributed by atoms with E-state index in [2.05, 4.69) is 9.97 Å². The zero-order valence-corrected chi connectivity index (χ0v) is 7.15. The maximum absolute atomic E-state index is 8.92. The SMILES string of the molecule is Cc1c[nH]c2ncc(B(O)O)cc12. The van der Waals surface area contributed by atoms with Crippen molar-refractivity contribution < 1.29 is 10.0 Å². The Labute approximate surface area is 75.4 Å². The monoisotopic (exact) mass is 176 g/mol. The van der Waals surface area contributed by atoms with Crippen LogP contribution in [0.4, 0.5) is 0 Å². The van der Waals surface area contributed by atoms with Gasteiger partial charge in [0, 0.05) is 23.2 Å². The summed E-state index contributed by atoms with van der Waals surface area (Å²) in [6.45, 7) is 1.94. The van der Waals surface area contributed by atoms with E-state index >= 15 is 0 Å². The standard InChI is InChI=1S/C8H9BN2O2/c1-5-3-10-8-7(5)2-6(4-11-8)9(12)13/h2-4,12-13H,1H3,(H,10,11). The number of hydrogen-bond donors (Lipinski definition) is 3. The van der Waals surface area contributed by atoms with Crippen molar-refractivity contribution in [2.24, 2.45) is 0 Å². The average Bonchev–Trinajstić information content (AvgIpc) is 2.47. The molecule has 0 unspecified atom stereocenters. The molecule has 0 spiro atoms. The second-order valence-corrected chi connectivity index (χ2v) is 3.01. The van der Waals surface area contributed by atoms with E-state index in [1.54, 1.807) is 6.07 Å². The molecule has 0 aliphatic heterocycles. The molecule has 0 radical (unpaired) electrons. The van der Waals surface area contributed by atoms with Crippen molar-refractivity contribution in [3.05, 3.63) is 24.0 Å². The van der Waals surface area contributed by atoms with Gasteiger partial charge in [-0.25, -0.2) is 4.98 Å². The summed E-state index contributed by atoms with van der Waals surface area (Å²) in [4.78, 5) is 7.03. The number of rotatable bonds is 1. The first-order chi connectivity index (χ1) is 6.18. The Kier molecular flexibility index (Phi) is 1.83. The highest BCUT2D eigenvalue weighted by molar-refractivity contribution is 6.58. The van der Waals surface area contributed by atoms with Crippen LogP contribution in [0.25, 0.3) is 11.0 Å². The molecular formula is C8H9BN2O2. The molecule has 4 nitrogen and oxygen atoms in total. The minimum atomic E-state index is -1.45. The van der Waals surface area contributed by atoms with E-state index in [0.717, 1.165) is 16.6 Å². The number of pyridine rings is 1. The normalized spacial score (nSPS) is 10.7. The molecule has 5 heteroatoms. The number of H-pyrrole nitrogens is 1. The second-order valence-electron chi connectivity index (χ2n) is 3.01. The summed E-state index contributed by atoms with van der Waals surface area (Å²) in [7, 11) is -1.45. The van der Waals surface area contributed by atoms with Crippen LogP contribution in [-0.2, 0) is 0 Å². The molecule has 0 aromatic carbocycles. The number of aromatic amines is 1. The van der Waals surface area contributed by atoms with Gasteiger partial charge in [0.1, 0.15) is 5.65 Å². The van der Waals surface area contributed by atoms with Gasteiger partial charge in [-0.05, 0) is 18.6 Å². The first-order valence-corrected chi connectivity index (χ1v) is 3.98. The Morgan fingerprint density at radius 1 is 1.46 bits per heavy atom. The molecule has 2 aromatic heterocycles. The number of nitrogens with one attached hydrogen (secondary N) is 1. The summed E-state index contributed by atoms with van der Waals surface area (Å²) >= 11 is 0. The van der Waals surface area contributed by atoms with Crippen LogP contribution < -0.4 is 5.46 Å². The quantitative estimate of drug-likeness (QED) is 0.515. The number of fused-ring (bicyclic) bond motifs is 1. The van der Waals surface area contributed by atoms with Crippen molar-refractivity contribution in [2.45, 2.75) is 6.92 Å². The first-order valence-electron chi connectivity index (χ1n) is 3.98. The topological polar surface area (TPSA) is 69.1 Å². The van der Waals surface area contributed by atoms with Gasteiger partial charge in [0.15, 0.2) is 0 Å². The zero-order chi connectivity index (χ0) is 9.42. The van der Waals surface area contributed by atoms with Crippen LogP contribution in [-0.4, -0.2) is 27.1 Å². The summed E-state index contributed by atoms with van der Waals surface area (Å²) in [5.74, 6) is 0. The van der Waals surface area contributed by atoms with Crippen molar-refractivity contribution in [3.8, 4) is 0 Å². The van der Waals surface area contributed by atoms with E-state index in [4.69, 9.17) is 10.0 Å². The Morgan fingerprint density at radius 3 is 2.92 bits per heavy atom. The molecule has 0 aliphatic rings. The summed E-state index contributed by atoms with van der Waals surface area (Å²) in [5, 5.41) is 18.8. The van der Waals surface area contributed by atoms with Gasteiger partial charge in [-0.15, -0.1) is 0 Å². The number of aryl methyl sites for hydroxylation is 1. The molecule has 0 saturated heterocycles. The Hall–Kier alpha value is -1.33. The van der Waals surface area contributed by atoms with Crippen molar-refractivity contribution in [2.75, 3.05) is 0 Å². The second kappa shape index (κ2) is 2.87. The van der Waals surface area contributed by atoms with E-state index < -0.39 is 7.12 Å². The van der Waals surface area contributed by atoms with Gasteiger partial charge in [-0.2, -0.15) is 0 Å². The molecule has 2 aromatic rings. The summed E-state index contributed by atoms with van der Waals surface area (Å²) in [5.41, 5.74) is 2.22. The average molecular weight is 176 g/mol. The molecule has 0 amide bonds. The van der Waals surface area contributed by atoms with E-state index in [9.17, 15) is 0 Å². The molecular weight excluding hydrogens is 167 g/mol. The third kappa shape index (κ3) is 1.32. The Bertz CT molecular complexity index is 439. The zero-order valence-electron chi connectivity index (χ0n) is 7.15. The van der Waals surface area contributed by atoms with Crippen LogP contribution in [0.1, 0.15) is 5.56 Å². The number of nitrogens with zero attached hydrogens (tertiary/aromatic N) is 1. The molecule has 0 bridgehead atoms. The molecule has 13 heavy (non-hydrogen) atoms. The minimum Gasteiger partial charge on any atom is -0.423 e. The lowest BCUT2D eigenvalue weighted by Gasteiger charge is -1.98. The smallest absolute Gasteiger partial charge is 0.423 e. The molecule has 0 aliphatic carbocycles. The van der Waals surface area contributed by atoms with Crippen LogP contribution in [0.15, 0.2) is 18.5 Å². The van der Waals surface area contributed by atoms with Crippen molar-refractivity contribution in [1.29, 1.82) is 0 Å².